The van der Waals surface area contributed by atoms with E-state index in [-0.39, 0.29) is 19.0 Å². The Labute approximate surface area is 82.8 Å². The average Bonchev–Trinajstić information content (AvgIpc) is 2.15. The van der Waals surface area contributed by atoms with E-state index in [0.717, 1.165) is 13.1 Å². The standard InChI is InChI=1S/C7H12N2O3.ClH/c10-5-6-12-7(11)9-3-1-8-2-4-9;/h5,8H,1-4,6H2;1H. The number of hydrogen-bond acceptors (Lipinski definition) is 4. The lowest BCUT2D eigenvalue weighted by Crippen LogP contribution is -2.46. The molecule has 0 bridgehead atoms. The van der Waals surface area contributed by atoms with E-state index in [0.29, 0.717) is 19.4 Å². The van der Waals surface area contributed by atoms with E-state index in [1.54, 1.807) is 4.90 Å². The number of rotatable bonds is 2. The predicted molar refractivity (Wildman–Crippen MR) is 49.1 cm³/mol. The smallest absolute Gasteiger partial charge is 0.410 e. The Bertz CT molecular complexity index is 171. The molecule has 0 unspecified atom stereocenters. The molecule has 0 aromatic rings. The van der Waals surface area contributed by atoms with Crippen molar-refractivity contribution in [3.63, 3.8) is 0 Å². The van der Waals surface area contributed by atoms with Gasteiger partial charge in [-0.2, -0.15) is 0 Å². The number of aldehydes is 1. The number of nitrogens with zero attached hydrogens (tertiary/aromatic N) is 1. The molecule has 1 rings (SSSR count). The molecule has 0 aliphatic carbocycles. The topological polar surface area (TPSA) is 58.6 Å². The molecule has 0 aromatic carbocycles. The Morgan fingerprint density at radius 1 is 1.46 bits per heavy atom. The fourth-order valence-electron chi connectivity index (χ4n) is 1.04. The maximum atomic E-state index is 11.1. The van der Waals surface area contributed by atoms with E-state index in [2.05, 4.69) is 10.1 Å². The Kier molecular flexibility index (Phi) is 6.26. The van der Waals surface area contributed by atoms with Crippen LogP contribution in [0.2, 0.25) is 0 Å². The number of carbonyl (C=O) groups excluding carboxylic acids is 2. The van der Waals surface area contributed by atoms with Gasteiger partial charge < -0.3 is 15.0 Å². The molecule has 5 nitrogen and oxygen atoms in total. The van der Waals surface area contributed by atoms with Crippen molar-refractivity contribution in [2.45, 2.75) is 0 Å². The molecule has 1 aliphatic heterocycles. The summed E-state index contributed by atoms with van der Waals surface area (Å²) in [4.78, 5) is 22.5. The van der Waals surface area contributed by atoms with Crippen LogP contribution < -0.4 is 5.32 Å². The summed E-state index contributed by atoms with van der Waals surface area (Å²) in [5, 5.41) is 3.11. The molecule has 6 heteroatoms. The van der Waals surface area contributed by atoms with Crippen molar-refractivity contribution in [3.05, 3.63) is 0 Å². The van der Waals surface area contributed by atoms with E-state index >= 15 is 0 Å². The summed E-state index contributed by atoms with van der Waals surface area (Å²) < 4.78 is 4.62. The van der Waals surface area contributed by atoms with Gasteiger partial charge in [-0.1, -0.05) is 0 Å². The summed E-state index contributed by atoms with van der Waals surface area (Å²) in [5.74, 6) is 0. The summed E-state index contributed by atoms with van der Waals surface area (Å²) in [5.41, 5.74) is 0. The molecule has 0 radical (unpaired) electrons. The van der Waals surface area contributed by atoms with E-state index < -0.39 is 6.09 Å². The first kappa shape index (κ1) is 12.2. The Hall–Kier alpha value is -0.810. The van der Waals surface area contributed by atoms with Crippen molar-refractivity contribution in [3.8, 4) is 0 Å². The molecule has 76 valence electrons. The van der Waals surface area contributed by atoms with Gasteiger partial charge >= 0.3 is 6.09 Å². The molecule has 0 atom stereocenters. The van der Waals surface area contributed by atoms with E-state index in [4.69, 9.17) is 0 Å². The van der Waals surface area contributed by atoms with Gasteiger partial charge in [0, 0.05) is 26.2 Å². The maximum Gasteiger partial charge on any atom is 0.410 e. The molecule has 0 saturated carbocycles. The lowest BCUT2D eigenvalue weighted by Gasteiger charge is -2.26. The van der Waals surface area contributed by atoms with Crippen molar-refractivity contribution in [2.24, 2.45) is 0 Å². The van der Waals surface area contributed by atoms with Gasteiger partial charge in [0.05, 0.1) is 0 Å². The zero-order valence-electron chi connectivity index (χ0n) is 7.19. The number of halogens is 1. The zero-order valence-corrected chi connectivity index (χ0v) is 8.01. The van der Waals surface area contributed by atoms with Crippen molar-refractivity contribution >= 4 is 24.8 Å². The van der Waals surface area contributed by atoms with Gasteiger partial charge in [0.15, 0.2) is 6.29 Å². The predicted octanol–water partition coefficient (Wildman–Crippen LogP) is -0.351. The van der Waals surface area contributed by atoms with E-state index in [1.807, 2.05) is 0 Å². The first-order valence-electron chi connectivity index (χ1n) is 3.90. The van der Waals surface area contributed by atoms with Crippen LogP contribution >= 0.6 is 12.4 Å². The minimum absolute atomic E-state index is 0. The highest BCUT2D eigenvalue weighted by Gasteiger charge is 2.16. The highest BCUT2D eigenvalue weighted by Crippen LogP contribution is 1.95. The lowest BCUT2D eigenvalue weighted by molar-refractivity contribution is -0.110. The summed E-state index contributed by atoms with van der Waals surface area (Å²) in [6.07, 6.45) is 0.170. The molecular weight excluding hydrogens is 196 g/mol. The van der Waals surface area contributed by atoms with E-state index in [1.165, 1.54) is 0 Å². The monoisotopic (exact) mass is 208 g/mol. The molecule has 1 heterocycles. The quantitative estimate of drug-likeness (QED) is 0.631. The van der Waals surface area contributed by atoms with Crippen LogP contribution in [0.4, 0.5) is 4.79 Å². The van der Waals surface area contributed by atoms with Crippen LogP contribution in [0, 0.1) is 0 Å². The summed E-state index contributed by atoms with van der Waals surface area (Å²) in [7, 11) is 0. The van der Waals surface area contributed by atoms with Crippen molar-refractivity contribution in [1.82, 2.24) is 10.2 Å². The minimum Gasteiger partial charge on any atom is -0.442 e. The number of piperazine rings is 1. The second kappa shape index (κ2) is 6.68. The van der Waals surface area contributed by atoms with E-state index in [9.17, 15) is 9.59 Å². The fraction of sp³-hybridized carbons (Fsp3) is 0.714. The Morgan fingerprint density at radius 2 is 2.08 bits per heavy atom. The Morgan fingerprint density at radius 3 is 2.62 bits per heavy atom. The van der Waals surface area contributed by atoms with Crippen molar-refractivity contribution in [1.29, 1.82) is 0 Å². The van der Waals surface area contributed by atoms with Crippen LogP contribution in [0.15, 0.2) is 0 Å². The molecule has 1 saturated heterocycles. The van der Waals surface area contributed by atoms with Gasteiger partial charge in [0.25, 0.3) is 0 Å². The van der Waals surface area contributed by atoms with Gasteiger partial charge in [-0.05, 0) is 0 Å². The van der Waals surface area contributed by atoms with Crippen LogP contribution in [-0.4, -0.2) is 50.1 Å². The van der Waals surface area contributed by atoms with Gasteiger partial charge in [-0.15, -0.1) is 12.4 Å². The third kappa shape index (κ3) is 4.10. The first-order chi connectivity index (χ1) is 5.84. The van der Waals surface area contributed by atoms with Crippen LogP contribution in [0.3, 0.4) is 0 Å². The maximum absolute atomic E-state index is 11.1. The van der Waals surface area contributed by atoms with Gasteiger partial charge in [0.2, 0.25) is 0 Å². The molecular formula is C7H13ClN2O3. The van der Waals surface area contributed by atoms with Crippen LogP contribution in [0.25, 0.3) is 0 Å². The number of hydrogen-bond donors (Lipinski definition) is 1. The number of ether oxygens (including phenoxy) is 1. The summed E-state index contributed by atoms with van der Waals surface area (Å²) in [6.45, 7) is 2.73. The Balaban J connectivity index is 0.00000144. The van der Waals surface area contributed by atoms with Gasteiger partial charge in [-0.25, -0.2) is 4.79 Å². The largest absolute Gasteiger partial charge is 0.442 e. The molecule has 0 aromatic heterocycles. The highest BCUT2D eigenvalue weighted by molar-refractivity contribution is 5.85. The van der Waals surface area contributed by atoms with Gasteiger partial charge in [0.1, 0.15) is 6.61 Å². The van der Waals surface area contributed by atoms with Gasteiger partial charge in [-0.3, -0.25) is 4.79 Å². The summed E-state index contributed by atoms with van der Waals surface area (Å²) >= 11 is 0. The van der Waals surface area contributed by atoms with Crippen LogP contribution in [0.5, 0.6) is 0 Å². The van der Waals surface area contributed by atoms with Crippen molar-refractivity contribution in [2.75, 3.05) is 32.8 Å². The first-order valence-corrected chi connectivity index (χ1v) is 3.90. The molecule has 13 heavy (non-hydrogen) atoms. The second-order valence-corrected chi connectivity index (χ2v) is 2.48. The lowest BCUT2D eigenvalue weighted by atomic mass is 10.4. The molecule has 1 aliphatic rings. The zero-order chi connectivity index (χ0) is 8.81. The SMILES string of the molecule is Cl.O=CCOC(=O)N1CCNCC1. The van der Waals surface area contributed by atoms with Crippen LogP contribution in [-0.2, 0) is 9.53 Å². The third-order valence-electron chi connectivity index (χ3n) is 1.65. The number of amides is 1. The third-order valence-corrected chi connectivity index (χ3v) is 1.65. The van der Waals surface area contributed by atoms with Crippen molar-refractivity contribution < 1.29 is 14.3 Å². The average molecular weight is 209 g/mol. The minimum atomic E-state index is -0.399. The van der Waals surface area contributed by atoms with Crippen LogP contribution in [0.1, 0.15) is 0 Å². The molecule has 1 amide bonds. The molecule has 0 spiro atoms. The fourth-order valence-corrected chi connectivity index (χ4v) is 1.04. The normalized spacial score (nSPS) is 15.8. The summed E-state index contributed by atoms with van der Waals surface area (Å²) in [6, 6.07) is 0. The number of nitrogens with one attached hydrogen (secondary N) is 1. The second-order valence-electron chi connectivity index (χ2n) is 2.48. The molecule has 1 N–H and O–H groups in total. The number of carbonyl (C=O) groups is 2. The highest BCUT2D eigenvalue weighted by atomic mass is 35.5. The molecule has 1 fully saturated rings.